The van der Waals surface area contributed by atoms with Gasteiger partial charge in [0.15, 0.2) is 0 Å². The number of thiazole rings is 1. The van der Waals surface area contributed by atoms with Gasteiger partial charge in [-0.05, 0) is 31.4 Å². The molecule has 1 atom stereocenters. The molecule has 0 aliphatic rings. The third-order valence-electron chi connectivity index (χ3n) is 4.59. The summed E-state index contributed by atoms with van der Waals surface area (Å²) in [7, 11) is 1.60. The van der Waals surface area contributed by atoms with Gasteiger partial charge < -0.3 is 20.3 Å². The molecule has 0 aliphatic heterocycles. The Morgan fingerprint density at radius 1 is 1.28 bits per heavy atom. The summed E-state index contributed by atoms with van der Waals surface area (Å²) in [5, 5.41) is 8.32. The molecule has 0 radical (unpaired) electrons. The summed E-state index contributed by atoms with van der Waals surface area (Å²) >= 11 is 1.37. The van der Waals surface area contributed by atoms with E-state index in [0.29, 0.717) is 30.4 Å². The summed E-state index contributed by atoms with van der Waals surface area (Å²) in [6.07, 6.45) is 1.68. The van der Waals surface area contributed by atoms with E-state index >= 15 is 0 Å². The van der Waals surface area contributed by atoms with Crippen molar-refractivity contribution in [1.82, 2.24) is 15.2 Å². The molecular weight excluding hydrogens is 388 g/mol. The number of amides is 3. The average molecular weight is 419 g/mol. The van der Waals surface area contributed by atoms with Crippen molar-refractivity contribution < 1.29 is 14.3 Å². The Balaban J connectivity index is 2.08. The van der Waals surface area contributed by atoms with Crippen LogP contribution in [0, 0.1) is 0 Å². The van der Waals surface area contributed by atoms with Gasteiger partial charge in [-0.2, -0.15) is 0 Å². The molecule has 3 amide bonds. The topological polar surface area (TPSA) is 83.6 Å². The lowest BCUT2D eigenvalue weighted by atomic mass is 10.1. The van der Waals surface area contributed by atoms with Crippen molar-refractivity contribution in [3.8, 4) is 0 Å². The normalized spacial score (nSPS) is 11.7. The molecule has 7 nitrogen and oxygen atoms in total. The second kappa shape index (κ2) is 11.5. The molecule has 2 N–H and O–H groups in total. The Bertz CT molecular complexity index is 809. The second-order valence-corrected chi connectivity index (χ2v) is 7.71. The molecule has 0 aliphatic carbocycles. The number of hydrogen-bond donors (Lipinski definition) is 2. The number of benzene rings is 1. The fourth-order valence-electron chi connectivity index (χ4n) is 2.65. The van der Waals surface area contributed by atoms with Gasteiger partial charge in [0.1, 0.15) is 10.7 Å². The molecule has 1 heterocycles. The lowest BCUT2D eigenvalue weighted by Crippen LogP contribution is -2.37. The average Bonchev–Trinajstić information content (AvgIpc) is 3.20. The van der Waals surface area contributed by atoms with Gasteiger partial charge in [0.2, 0.25) is 0 Å². The van der Waals surface area contributed by atoms with E-state index in [2.05, 4.69) is 22.5 Å². The lowest BCUT2D eigenvalue weighted by molar-refractivity contribution is 0.0934. The maximum Gasteiger partial charge on any atom is 0.322 e. The van der Waals surface area contributed by atoms with E-state index in [9.17, 15) is 9.59 Å². The Hall–Kier alpha value is -2.45. The standard InChI is InChI=1S/C21H30N4O3S/c1-5-15(3)22-20(26)18-14-29-19(23-18)13-25(11-12-28-4)21(27)24-17-10-8-7-9-16(17)6-2/h7-10,14-15H,5-6,11-13H2,1-4H3,(H,22,26)(H,24,27). The summed E-state index contributed by atoms with van der Waals surface area (Å²) in [6.45, 7) is 7.16. The van der Waals surface area contributed by atoms with E-state index < -0.39 is 0 Å². The molecule has 0 spiro atoms. The first kappa shape index (κ1) is 22.8. The third kappa shape index (κ3) is 6.83. The maximum absolute atomic E-state index is 12.9. The molecule has 0 fully saturated rings. The summed E-state index contributed by atoms with van der Waals surface area (Å²) in [5.41, 5.74) is 2.26. The number of ether oxygens (including phenoxy) is 1. The number of aromatic nitrogens is 1. The molecule has 1 aromatic heterocycles. The van der Waals surface area contributed by atoms with Gasteiger partial charge >= 0.3 is 6.03 Å². The van der Waals surface area contributed by atoms with Crippen LogP contribution >= 0.6 is 11.3 Å². The predicted octanol–water partition coefficient (Wildman–Crippen LogP) is 3.91. The number of para-hydroxylation sites is 1. The minimum Gasteiger partial charge on any atom is -0.383 e. The predicted molar refractivity (Wildman–Crippen MR) is 116 cm³/mol. The lowest BCUT2D eigenvalue weighted by Gasteiger charge is -2.22. The minimum absolute atomic E-state index is 0.0928. The number of carbonyl (C=O) groups is 2. The molecule has 2 rings (SSSR count). The summed E-state index contributed by atoms with van der Waals surface area (Å²) in [6, 6.07) is 7.62. The highest BCUT2D eigenvalue weighted by Crippen LogP contribution is 2.18. The van der Waals surface area contributed by atoms with Crippen molar-refractivity contribution in [2.24, 2.45) is 0 Å². The maximum atomic E-state index is 12.9. The molecule has 158 valence electrons. The molecular formula is C21H30N4O3S. The monoisotopic (exact) mass is 418 g/mol. The van der Waals surface area contributed by atoms with Gasteiger partial charge in [-0.3, -0.25) is 4.79 Å². The first-order valence-corrected chi connectivity index (χ1v) is 10.7. The molecule has 29 heavy (non-hydrogen) atoms. The minimum atomic E-state index is -0.219. The van der Waals surface area contributed by atoms with Crippen molar-refractivity contribution in [3.63, 3.8) is 0 Å². The van der Waals surface area contributed by atoms with Crippen molar-refractivity contribution in [2.75, 3.05) is 25.6 Å². The van der Waals surface area contributed by atoms with E-state index in [-0.39, 0.29) is 18.0 Å². The largest absolute Gasteiger partial charge is 0.383 e. The molecule has 1 unspecified atom stereocenters. The Morgan fingerprint density at radius 2 is 2.03 bits per heavy atom. The SMILES string of the molecule is CCc1ccccc1NC(=O)N(CCOC)Cc1nc(C(=O)NC(C)CC)cs1. The van der Waals surface area contributed by atoms with Crippen LogP contribution < -0.4 is 10.6 Å². The Morgan fingerprint density at radius 3 is 2.72 bits per heavy atom. The van der Waals surface area contributed by atoms with Crippen molar-refractivity contribution >= 4 is 29.0 Å². The van der Waals surface area contributed by atoms with Crippen molar-refractivity contribution in [1.29, 1.82) is 0 Å². The van der Waals surface area contributed by atoms with Crippen LogP contribution in [0.3, 0.4) is 0 Å². The first-order valence-electron chi connectivity index (χ1n) is 9.86. The van der Waals surface area contributed by atoms with Crippen LogP contribution in [0.5, 0.6) is 0 Å². The molecule has 0 bridgehead atoms. The number of aryl methyl sites for hydroxylation is 1. The quantitative estimate of drug-likeness (QED) is 0.613. The highest BCUT2D eigenvalue weighted by atomic mass is 32.1. The number of hydrogen-bond acceptors (Lipinski definition) is 5. The number of rotatable bonds is 10. The number of nitrogens with one attached hydrogen (secondary N) is 2. The zero-order chi connectivity index (χ0) is 21.2. The van der Waals surface area contributed by atoms with Crippen LogP contribution in [0.1, 0.15) is 48.3 Å². The highest BCUT2D eigenvalue weighted by Gasteiger charge is 2.19. The van der Waals surface area contributed by atoms with Crippen LogP contribution in [-0.4, -0.2) is 48.1 Å². The van der Waals surface area contributed by atoms with Gasteiger partial charge in [-0.1, -0.05) is 32.0 Å². The number of carbonyl (C=O) groups excluding carboxylic acids is 2. The van der Waals surface area contributed by atoms with Gasteiger partial charge in [0.05, 0.1) is 13.2 Å². The van der Waals surface area contributed by atoms with E-state index in [4.69, 9.17) is 4.74 Å². The van der Waals surface area contributed by atoms with Gasteiger partial charge in [0, 0.05) is 30.8 Å². The fourth-order valence-corrected chi connectivity index (χ4v) is 3.44. The van der Waals surface area contributed by atoms with Crippen LogP contribution in [0.4, 0.5) is 10.5 Å². The summed E-state index contributed by atoms with van der Waals surface area (Å²) in [5.74, 6) is -0.188. The molecule has 8 heteroatoms. The van der Waals surface area contributed by atoms with Crippen LogP contribution in [0.2, 0.25) is 0 Å². The first-order chi connectivity index (χ1) is 14.0. The van der Waals surface area contributed by atoms with Gasteiger partial charge in [-0.15, -0.1) is 11.3 Å². The van der Waals surface area contributed by atoms with Crippen molar-refractivity contribution in [3.05, 3.63) is 45.9 Å². The van der Waals surface area contributed by atoms with Crippen LogP contribution in [-0.2, 0) is 17.7 Å². The zero-order valence-electron chi connectivity index (χ0n) is 17.5. The summed E-state index contributed by atoms with van der Waals surface area (Å²) < 4.78 is 5.15. The molecule has 2 aromatic rings. The van der Waals surface area contributed by atoms with Crippen LogP contribution in [0.15, 0.2) is 29.6 Å². The van der Waals surface area contributed by atoms with E-state index in [1.54, 1.807) is 17.4 Å². The number of nitrogens with zero attached hydrogens (tertiary/aromatic N) is 2. The van der Waals surface area contributed by atoms with E-state index in [0.717, 1.165) is 24.1 Å². The van der Waals surface area contributed by atoms with E-state index in [1.165, 1.54) is 11.3 Å². The Labute approximate surface area is 176 Å². The van der Waals surface area contributed by atoms with Gasteiger partial charge in [0.25, 0.3) is 5.91 Å². The van der Waals surface area contributed by atoms with Crippen molar-refractivity contribution in [2.45, 2.75) is 46.2 Å². The number of anilines is 1. The molecule has 1 aromatic carbocycles. The highest BCUT2D eigenvalue weighted by molar-refractivity contribution is 7.09. The second-order valence-electron chi connectivity index (χ2n) is 6.76. The molecule has 0 saturated heterocycles. The third-order valence-corrected chi connectivity index (χ3v) is 5.43. The van der Waals surface area contributed by atoms with Gasteiger partial charge in [-0.25, -0.2) is 9.78 Å². The molecule has 0 saturated carbocycles. The van der Waals surface area contributed by atoms with E-state index in [1.807, 2.05) is 38.1 Å². The fraction of sp³-hybridized carbons (Fsp3) is 0.476. The number of methoxy groups -OCH3 is 1. The number of urea groups is 1. The smallest absolute Gasteiger partial charge is 0.322 e. The summed E-state index contributed by atoms with van der Waals surface area (Å²) in [4.78, 5) is 31.2. The zero-order valence-corrected chi connectivity index (χ0v) is 18.3. The Kier molecular flexibility index (Phi) is 9.08. The van der Waals surface area contributed by atoms with Crippen LogP contribution in [0.25, 0.3) is 0 Å².